The number of rotatable bonds is 5. The molecular formula is C36H55NO6. The van der Waals surface area contributed by atoms with Crippen LogP contribution in [0.2, 0.25) is 0 Å². The van der Waals surface area contributed by atoms with Gasteiger partial charge in [0.15, 0.2) is 12.1 Å². The van der Waals surface area contributed by atoms with Gasteiger partial charge in [0, 0.05) is 31.2 Å². The summed E-state index contributed by atoms with van der Waals surface area (Å²) in [6.45, 7) is 12.2. The van der Waals surface area contributed by atoms with Gasteiger partial charge in [-0.25, -0.2) is 0 Å². The molecule has 1 saturated carbocycles. The summed E-state index contributed by atoms with van der Waals surface area (Å²) in [5, 5.41) is 0. The highest BCUT2D eigenvalue weighted by atomic mass is 16.7. The van der Waals surface area contributed by atoms with Gasteiger partial charge in [-0.2, -0.15) is 0 Å². The Hall–Kier alpha value is -1.99. The maximum atomic E-state index is 14.4. The van der Waals surface area contributed by atoms with Crippen LogP contribution in [-0.2, 0) is 28.6 Å². The van der Waals surface area contributed by atoms with Gasteiger partial charge in [0.2, 0.25) is 5.91 Å². The molecule has 11 atom stereocenters. The van der Waals surface area contributed by atoms with Gasteiger partial charge in [0.25, 0.3) is 0 Å². The Morgan fingerprint density at radius 1 is 1.00 bits per heavy atom. The number of allylic oxidation sites excluding steroid dienone is 4. The van der Waals surface area contributed by atoms with Crippen LogP contribution in [0.15, 0.2) is 23.3 Å². The first-order valence-corrected chi connectivity index (χ1v) is 17.2. The minimum atomic E-state index is -0.414. The number of esters is 1. The first kappa shape index (κ1) is 32.4. The van der Waals surface area contributed by atoms with Crippen LogP contribution in [0.1, 0.15) is 106 Å². The summed E-state index contributed by atoms with van der Waals surface area (Å²) < 4.78 is 19.1. The second kappa shape index (κ2) is 13.6. The van der Waals surface area contributed by atoms with Crippen molar-refractivity contribution in [2.75, 3.05) is 7.05 Å². The zero-order chi connectivity index (χ0) is 31.0. The SMILES string of the molecule is CC[C@H]1CCC[C@H](O[C@H]2CC[C@H](N(C)C(=O)C(C)C)C(C)O2)[C@@H](C)C(=O)C2=C[C@@H]3[C@@H](C=C(C)[C@@H]4CCC[C@@H]34)[C@@H]2CC(=O)O1. The quantitative estimate of drug-likeness (QED) is 0.261. The molecular weight excluding hydrogens is 542 g/mol. The van der Waals surface area contributed by atoms with Crippen molar-refractivity contribution in [3.05, 3.63) is 23.3 Å². The highest BCUT2D eigenvalue weighted by molar-refractivity contribution is 5.99. The lowest BCUT2D eigenvalue weighted by Crippen LogP contribution is -2.51. The number of Topliss-reactive ketones (excluding diaryl/α,β-unsaturated/α-hetero) is 1. The molecule has 0 aromatic rings. The molecule has 0 aromatic heterocycles. The number of cyclic esters (lactones) is 1. The largest absolute Gasteiger partial charge is 0.462 e. The zero-order valence-electron chi connectivity index (χ0n) is 27.6. The molecule has 0 aromatic carbocycles. The van der Waals surface area contributed by atoms with Crippen LogP contribution in [0.4, 0.5) is 0 Å². The number of carbonyl (C=O) groups is 3. The molecule has 43 heavy (non-hydrogen) atoms. The normalized spacial score (nSPS) is 40.3. The molecule has 1 unspecified atom stereocenters. The topological polar surface area (TPSA) is 82.1 Å². The van der Waals surface area contributed by atoms with Crippen molar-refractivity contribution in [2.24, 2.45) is 41.4 Å². The van der Waals surface area contributed by atoms with Crippen molar-refractivity contribution < 1.29 is 28.6 Å². The molecule has 5 aliphatic rings. The average Bonchev–Trinajstić information content (AvgIpc) is 3.60. The van der Waals surface area contributed by atoms with Crippen LogP contribution >= 0.6 is 0 Å². The number of carbonyl (C=O) groups excluding carboxylic acids is 3. The molecule has 2 heterocycles. The average molecular weight is 598 g/mol. The summed E-state index contributed by atoms with van der Waals surface area (Å²) in [4.78, 5) is 42.1. The van der Waals surface area contributed by atoms with Gasteiger partial charge < -0.3 is 19.1 Å². The van der Waals surface area contributed by atoms with Crippen LogP contribution in [0.3, 0.4) is 0 Å². The number of hydrogen-bond acceptors (Lipinski definition) is 6. The van der Waals surface area contributed by atoms with Crippen molar-refractivity contribution >= 4 is 17.7 Å². The Labute approximate surface area is 259 Å². The number of hydrogen-bond donors (Lipinski definition) is 0. The van der Waals surface area contributed by atoms with E-state index in [4.69, 9.17) is 14.2 Å². The van der Waals surface area contributed by atoms with Crippen LogP contribution in [0, 0.1) is 41.4 Å². The Morgan fingerprint density at radius 2 is 1.74 bits per heavy atom. The van der Waals surface area contributed by atoms with E-state index < -0.39 is 6.29 Å². The molecule has 7 nitrogen and oxygen atoms in total. The third kappa shape index (κ3) is 6.68. The predicted molar refractivity (Wildman–Crippen MR) is 166 cm³/mol. The van der Waals surface area contributed by atoms with Gasteiger partial charge in [0.1, 0.15) is 6.10 Å². The summed E-state index contributed by atoms with van der Waals surface area (Å²) in [5.41, 5.74) is 2.26. The smallest absolute Gasteiger partial charge is 0.306 e. The molecule has 0 spiro atoms. The first-order valence-electron chi connectivity index (χ1n) is 17.2. The highest BCUT2D eigenvalue weighted by Gasteiger charge is 2.50. The molecule has 3 fully saturated rings. The third-order valence-electron chi connectivity index (χ3n) is 11.5. The van der Waals surface area contributed by atoms with E-state index in [0.29, 0.717) is 30.6 Å². The van der Waals surface area contributed by atoms with Crippen molar-refractivity contribution in [1.82, 2.24) is 4.90 Å². The summed E-state index contributed by atoms with van der Waals surface area (Å²) in [7, 11) is 1.87. The summed E-state index contributed by atoms with van der Waals surface area (Å²) in [6.07, 6.45) is 12.1. The summed E-state index contributed by atoms with van der Waals surface area (Å²) in [5.74, 6) is 1.21. The number of ketones is 1. The van der Waals surface area contributed by atoms with Gasteiger partial charge in [0.05, 0.1) is 24.7 Å². The maximum Gasteiger partial charge on any atom is 0.306 e. The molecule has 240 valence electrons. The molecule has 3 aliphatic carbocycles. The molecule has 2 aliphatic heterocycles. The van der Waals surface area contributed by atoms with Crippen molar-refractivity contribution in [1.29, 1.82) is 0 Å². The Morgan fingerprint density at radius 3 is 2.44 bits per heavy atom. The Balaban J connectivity index is 1.36. The first-order chi connectivity index (χ1) is 20.5. The molecule has 2 saturated heterocycles. The number of fused-ring (bicyclic) bond motifs is 5. The van der Waals surface area contributed by atoms with Crippen molar-refractivity contribution in [3.8, 4) is 0 Å². The molecule has 0 bridgehead atoms. The number of amides is 1. The molecule has 7 heteroatoms. The highest BCUT2D eigenvalue weighted by Crippen LogP contribution is 2.55. The minimum Gasteiger partial charge on any atom is -0.462 e. The Kier molecular flexibility index (Phi) is 10.2. The van der Waals surface area contributed by atoms with Gasteiger partial charge in [-0.15, -0.1) is 0 Å². The predicted octanol–water partition coefficient (Wildman–Crippen LogP) is 6.65. The lowest BCUT2D eigenvalue weighted by atomic mass is 9.67. The molecule has 5 rings (SSSR count). The third-order valence-corrected chi connectivity index (χ3v) is 11.5. The molecule has 0 N–H and O–H groups in total. The van der Waals surface area contributed by atoms with E-state index in [-0.39, 0.29) is 72.1 Å². The lowest BCUT2D eigenvalue weighted by molar-refractivity contribution is -0.232. The van der Waals surface area contributed by atoms with Gasteiger partial charge in [-0.05, 0) is 88.0 Å². The van der Waals surface area contributed by atoms with Gasteiger partial charge >= 0.3 is 5.97 Å². The van der Waals surface area contributed by atoms with E-state index in [1.54, 1.807) is 0 Å². The van der Waals surface area contributed by atoms with Crippen molar-refractivity contribution in [2.45, 2.75) is 136 Å². The van der Waals surface area contributed by atoms with Crippen LogP contribution in [0.25, 0.3) is 0 Å². The fourth-order valence-electron chi connectivity index (χ4n) is 9.00. The van der Waals surface area contributed by atoms with Gasteiger partial charge in [-0.3, -0.25) is 14.4 Å². The maximum absolute atomic E-state index is 14.4. The van der Waals surface area contributed by atoms with Crippen molar-refractivity contribution in [3.63, 3.8) is 0 Å². The fraction of sp³-hybridized carbons (Fsp3) is 0.806. The minimum absolute atomic E-state index is 0.00813. The van der Waals surface area contributed by atoms with Crippen LogP contribution < -0.4 is 0 Å². The van der Waals surface area contributed by atoms with Crippen LogP contribution in [-0.4, -0.2) is 60.3 Å². The second-order valence-electron chi connectivity index (χ2n) is 14.5. The van der Waals surface area contributed by atoms with E-state index in [1.165, 1.54) is 24.8 Å². The van der Waals surface area contributed by atoms with E-state index in [2.05, 4.69) is 26.0 Å². The second-order valence-corrected chi connectivity index (χ2v) is 14.5. The van der Waals surface area contributed by atoms with E-state index in [0.717, 1.165) is 31.3 Å². The molecule has 1 amide bonds. The monoisotopic (exact) mass is 597 g/mol. The number of likely N-dealkylation sites (N-methyl/N-ethyl adjacent to an activating group) is 1. The number of nitrogens with zero attached hydrogens (tertiary/aromatic N) is 1. The van der Waals surface area contributed by atoms with E-state index in [1.807, 2.05) is 39.6 Å². The standard InChI is InChI=1S/C36H55NO6/c1-8-24-11-9-14-32(43-34-16-15-31(23(6)41-34)37(7)36(40)20(2)3)22(5)35(39)30-18-28-26-13-10-12-25(26)21(4)17-27(28)29(30)19-33(38)42-24/h17-18,20,22-29,31-32,34H,8-16,19H2,1-7H3/t22-,23?,24+,25+,26-,27-,28+,29+,31+,32+,34+/m1/s1. The van der Waals surface area contributed by atoms with E-state index in [9.17, 15) is 14.4 Å². The molecule has 0 radical (unpaired) electrons. The van der Waals surface area contributed by atoms with E-state index >= 15 is 0 Å². The van der Waals surface area contributed by atoms with Gasteiger partial charge in [-0.1, -0.05) is 51.8 Å². The Bertz CT molecular complexity index is 1110. The number of ether oxygens (including phenoxy) is 3. The fourth-order valence-corrected chi connectivity index (χ4v) is 9.00. The van der Waals surface area contributed by atoms with Crippen LogP contribution in [0.5, 0.6) is 0 Å². The zero-order valence-corrected chi connectivity index (χ0v) is 27.6. The lowest BCUT2D eigenvalue weighted by Gasteiger charge is -2.41. The summed E-state index contributed by atoms with van der Waals surface area (Å²) >= 11 is 0. The summed E-state index contributed by atoms with van der Waals surface area (Å²) in [6, 6.07) is 0.00813.